The molecule has 174 valence electrons. The van der Waals surface area contributed by atoms with Crippen LogP contribution in [0.1, 0.15) is 25.8 Å². The Balaban J connectivity index is 1.59. The molecule has 0 unspecified atom stereocenters. The third-order valence-corrected chi connectivity index (χ3v) is 7.22. The minimum Gasteiger partial charge on any atom is -0.488 e. The maximum Gasteiger partial charge on any atom is 0.323 e. The third-order valence-electron chi connectivity index (χ3n) is 5.36. The zero-order valence-electron chi connectivity index (χ0n) is 18.2. The number of carboxylic acids is 1. The van der Waals surface area contributed by atoms with E-state index in [1.54, 1.807) is 43.0 Å². The van der Waals surface area contributed by atoms with Crippen LogP contribution in [-0.4, -0.2) is 52.5 Å². The van der Waals surface area contributed by atoms with Crippen molar-refractivity contribution in [3.63, 3.8) is 0 Å². The number of nitrogens with zero attached hydrogens (tertiary/aromatic N) is 3. The molecule has 1 aromatic carbocycles. The van der Waals surface area contributed by atoms with Gasteiger partial charge < -0.3 is 14.4 Å². The average Bonchev–Trinajstić information content (AvgIpc) is 3.13. The summed E-state index contributed by atoms with van der Waals surface area (Å²) in [6.45, 7) is 3.64. The second-order valence-electron chi connectivity index (χ2n) is 8.04. The Morgan fingerprint density at radius 3 is 2.73 bits per heavy atom. The number of aliphatic carboxylic acids is 1. The van der Waals surface area contributed by atoms with Crippen molar-refractivity contribution in [2.24, 2.45) is 0 Å². The lowest BCUT2D eigenvalue weighted by molar-refractivity contribution is -0.137. The smallest absolute Gasteiger partial charge is 0.323 e. The minimum atomic E-state index is -3.89. The Bertz CT molecular complexity index is 1350. The van der Waals surface area contributed by atoms with Crippen LogP contribution in [0.3, 0.4) is 0 Å². The van der Waals surface area contributed by atoms with Crippen LogP contribution < -0.4 is 4.74 Å². The predicted octanol–water partition coefficient (Wildman–Crippen LogP) is 3.53. The summed E-state index contributed by atoms with van der Waals surface area (Å²) in [4.78, 5) is 15.4. The van der Waals surface area contributed by atoms with E-state index in [2.05, 4.69) is 4.98 Å². The molecule has 8 nitrogen and oxygen atoms in total. The highest BCUT2D eigenvalue weighted by molar-refractivity contribution is 7.89. The van der Waals surface area contributed by atoms with Crippen molar-refractivity contribution in [3.05, 3.63) is 60.2 Å². The highest BCUT2D eigenvalue weighted by Crippen LogP contribution is 2.32. The molecule has 33 heavy (non-hydrogen) atoms. The first-order valence-corrected chi connectivity index (χ1v) is 11.9. The standard InChI is InChI=1S/C23H24FN3O5S/c1-15(2)32-21-6-5-17(12-20(21)24)33(30,31)27-10-7-16(8-11-27)19-13-26(14-22(28)29)23-18(19)4-3-9-25-23/h3-7,9,12-13,15H,8,10-11,14H2,1-2H3,(H,28,29). The van der Waals surface area contributed by atoms with Crippen molar-refractivity contribution in [1.29, 1.82) is 0 Å². The molecule has 2 aromatic heterocycles. The lowest BCUT2D eigenvalue weighted by Crippen LogP contribution is -2.34. The van der Waals surface area contributed by atoms with Gasteiger partial charge in [0.15, 0.2) is 11.6 Å². The number of benzene rings is 1. The van der Waals surface area contributed by atoms with Crippen molar-refractivity contribution < 1.29 is 27.4 Å². The molecule has 4 rings (SSSR count). The second-order valence-corrected chi connectivity index (χ2v) is 9.98. The Kier molecular flexibility index (Phi) is 6.22. The molecular formula is C23H24FN3O5S. The highest BCUT2D eigenvalue weighted by Gasteiger charge is 2.28. The summed E-state index contributed by atoms with van der Waals surface area (Å²) < 4.78 is 48.7. The molecule has 3 aromatic rings. The van der Waals surface area contributed by atoms with Crippen LogP contribution in [0.4, 0.5) is 4.39 Å². The summed E-state index contributed by atoms with van der Waals surface area (Å²) in [5.74, 6) is -1.69. The lowest BCUT2D eigenvalue weighted by atomic mass is 10.0. The Morgan fingerprint density at radius 1 is 1.30 bits per heavy atom. The number of carboxylic acid groups (broad SMARTS) is 1. The van der Waals surface area contributed by atoms with E-state index in [1.807, 2.05) is 6.07 Å². The van der Waals surface area contributed by atoms with Crippen molar-refractivity contribution in [2.75, 3.05) is 13.1 Å². The topological polar surface area (TPSA) is 102 Å². The van der Waals surface area contributed by atoms with E-state index < -0.39 is 21.8 Å². The number of carbonyl (C=O) groups is 1. The fourth-order valence-corrected chi connectivity index (χ4v) is 5.29. The number of hydrogen-bond acceptors (Lipinski definition) is 5. The summed E-state index contributed by atoms with van der Waals surface area (Å²) >= 11 is 0. The second kappa shape index (κ2) is 8.95. The number of aromatic nitrogens is 2. The van der Waals surface area contributed by atoms with Crippen LogP contribution in [0.15, 0.2) is 53.7 Å². The number of pyridine rings is 1. The Morgan fingerprint density at radius 2 is 2.09 bits per heavy atom. The molecule has 1 aliphatic rings. The van der Waals surface area contributed by atoms with Gasteiger partial charge in [0, 0.05) is 36.4 Å². The molecule has 0 radical (unpaired) electrons. The van der Waals surface area contributed by atoms with Gasteiger partial charge in [-0.15, -0.1) is 0 Å². The molecule has 0 spiro atoms. The van der Waals surface area contributed by atoms with Crippen molar-refractivity contribution >= 4 is 32.6 Å². The first-order chi connectivity index (χ1) is 15.7. The number of sulfonamides is 1. The summed E-state index contributed by atoms with van der Waals surface area (Å²) in [5.41, 5.74) is 2.30. The van der Waals surface area contributed by atoms with E-state index in [-0.39, 0.29) is 36.4 Å². The zero-order valence-corrected chi connectivity index (χ0v) is 19.0. The van der Waals surface area contributed by atoms with E-state index in [0.717, 1.165) is 22.6 Å². The van der Waals surface area contributed by atoms with Gasteiger partial charge in [0.1, 0.15) is 12.2 Å². The average molecular weight is 474 g/mol. The predicted molar refractivity (Wildman–Crippen MR) is 121 cm³/mol. The van der Waals surface area contributed by atoms with Crippen molar-refractivity contribution in [3.8, 4) is 5.75 Å². The minimum absolute atomic E-state index is 0.0103. The van der Waals surface area contributed by atoms with Gasteiger partial charge in [0.2, 0.25) is 10.0 Å². The normalized spacial score (nSPS) is 15.1. The van der Waals surface area contributed by atoms with E-state index in [4.69, 9.17) is 4.74 Å². The van der Waals surface area contributed by atoms with Crippen LogP contribution in [0, 0.1) is 5.82 Å². The maximum atomic E-state index is 14.4. The molecule has 1 aliphatic heterocycles. The van der Waals surface area contributed by atoms with Crippen LogP contribution in [-0.2, 0) is 21.4 Å². The van der Waals surface area contributed by atoms with Crippen LogP contribution in [0.5, 0.6) is 5.75 Å². The van der Waals surface area contributed by atoms with Crippen molar-refractivity contribution in [1.82, 2.24) is 13.9 Å². The van der Waals surface area contributed by atoms with Gasteiger partial charge in [-0.25, -0.2) is 17.8 Å². The molecule has 0 aliphatic carbocycles. The largest absolute Gasteiger partial charge is 0.488 e. The highest BCUT2D eigenvalue weighted by atomic mass is 32.2. The summed E-state index contributed by atoms with van der Waals surface area (Å²) in [5, 5.41) is 10.00. The first kappa shape index (κ1) is 22.9. The van der Waals surface area contributed by atoms with Gasteiger partial charge in [-0.2, -0.15) is 4.31 Å². The van der Waals surface area contributed by atoms with Gasteiger partial charge in [-0.1, -0.05) is 6.08 Å². The van der Waals surface area contributed by atoms with E-state index in [1.165, 1.54) is 16.4 Å². The Labute approximate surface area is 191 Å². The fourth-order valence-electron chi connectivity index (χ4n) is 3.90. The van der Waals surface area contributed by atoms with Gasteiger partial charge in [0.05, 0.1) is 11.0 Å². The van der Waals surface area contributed by atoms with E-state index >= 15 is 0 Å². The molecule has 0 amide bonds. The maximum absolute atomic E-state index is 14.4. The summed E-state index contributed by atoms with van der Waals surface area (Å²) in [7, 11) is -3.89. The third kappa shape index (κ3) is 4.62. The monoisotopic (exact) mass is 473 g/mol. The van der Waals surface area contributed by atoms with Crippen molar-refractivity contribution in [2.45, 2.75) is 37.8 Å². The SMILES string of the molecule is CC(C)Oc1ccc(S(=O)(=O)N2CC=C(c3cn(CC(=O)O)c4ncccc34)CC2)cc1F. The molecule has 10 heteroatoms. The van der Waals surface area contributed by atoms with Gasteiger partial charge in [-0.05, 0) is 56.2 Å². The molecule has 0 fully saturated rings. The molecule has 0 atom stereocenters. The molecule has 3 heterocycles. The molecule has 0 saturated carbocycles. The number of halogens is 1. The fraction of sp³-hybridized carbons (Fsp3) is 0.304. The number of ether oxygens (including phenoxy) is 1. The van der Waals surface area contributed by atoms with Gasteiger partial charge >= 0.3 is 5.97 Å². The molecule has 0 bridgehead atoms. The zero-order chi connectivity index (χ0) is 23.8. The summed E-state index contributed by atoms with van der Waals surface area (Å²) in [6, 6.07) is 7.30. The van der Waals surface area contributed by atoms with E-state index in [0.29, 0.717) is 12.1 Å². The summed E-state index contributed by atoms with van der Waals surface area (Å²) in [6.07, 6.45) is 5.34. The lowest BCUT2D eigenvalue weighted by Gasteiger charge is -2.26. The van der Waals surface area contributed by atoms with Gasteiger partial charge in [0.25, 0.3) is 0 Å². The molecule has 1 N–H and O–H groups in total. The molecule has 0 saturated heterocycles. The van der Waals surface area contributed by atoms with Crippen LogP contribution in [0.25, 0.3) is 16.6 Å². The number of fused-ring (bicyclic) bond motifs is 1. The molecular weight excluding hydrogens is 449 g/mol. The number of hydrogen-bond donors (Lipinski definition) is 1. The van der Waals surface area contributed by atoms with Crippen LogP contribution >= 0.6 is 0 Å². The van der Waals surface area contributed by atoms with Gasteiger partial charge in [-0.3, -0.25) is 4.79 Å². The quantitative estimate of drug-likeness (QED) is 0.563. The number of rotatable bonds is 7. The Hall–Kier alpha value is -3.24. The van der Waals surface area contributed by atoms with E-state index in [9.17, 15) is 22.7 Å². The van der Waals surface area contributed by atoms with Crippen LogP contribution in [0.2, 0.25) is 0 Å². The first-order valence-electron chi connectivity index (χ1n) is 10.5.